The smallest absolute Gasteiger partial charge is 0.411 e. The number of carbonyl (C=O) groups excluding carboxylic acids is 1. The van der Waals surface area contributed by atoms with E-state index in [1.165, 1.54) is 0 Å². The summed E-state index contributed by atoms with van der Waals surface area (Å²) < 4.78 is 11.5. The minimum Gasteiger partial charge on any atom is -0.496 e. The molecule has 2 atom stereocenters. The summed E-state index contributed by atoms with van der Waals surface area (Å²) in [5.41, 5.74) is 6.01. The Labute approximate surface area is 253 Å². The lowest BCUT2D eigenvalue weighted by Gasteiger charge is -2.23. The van der Waals surface area contributed by atoms with Crippen molar-refractivity contribution in [1.82, 2.24) is 4.90 Å². The second-order valence-electron chi connectivity index (χ2n) is 9.93. The number of aromatic carboxylic acids is 1. The van der Waals surface area contributed by atoms with Gasteiger partial charge < -0.3 is 14.6 Å². The number of amides is 1. The number of halogens is 3. The van der Waals surface area contributed by atoms with Crippen LogP contribution in [0.5, 0.6) is 5.75 Å². The molecule has 1 N–H and O–H groups in total. The molecule has 0 aromatic heterocycles. The van der Waals surface area contributed by atoms with E-state index in [0.29, 0.717) is 20.8 Å². The largest absolute Gasteiger partial charge is 0.496 e. The zero-order chi connectivity index (χ0) is 29.4. The lowest BCUT2D eigenvalue weighted by Crippen LogP contribution is -2.31. The van der Waals surface area contributed by atoms with Gasteiger partial charge in [-0.1, -0.05) is 53.0 Å². The van der Waals surface area contributed by atoms with E-state index in [4.69, 9.17) is 44.3 Å². The molecule has 1 fully saturated rings. The minimum absolute atomic E-state index is 0.227. The predicted octanol–water partition coefficient (Wildman–Crippen LogP) is 9.08. The summed E-state index contributed by atoms with van der Waals surface area (Å²) in [4.78, 5) is 26.2. The Bertz CT molecular complexity index is 1650. The Kier molecular flexibility index (Phi) is 8.18. The summed E-state index contributed by atoms with van der Waals surface area (Å²) in [5, 5.41) is 10.8. The fraction of sp³-hybridized carbons (Fsp3) is 0.188. The molecule has 1 saturated heterocycles. The van der Waals surface area contributed by atoms with Gasteiger partial charge in [0.1, 0.15) is 11.9 Å². The van der Waals surface area contributed by atoms with Crippen LogP contribution in [0.4, 0.5) is 4.79 Å². The average Bonchev–Trinajstić information content (AvgIpc) is 3.20. The van der Waals surface area contributed by atoms with Gasteiger partial charge in [0.25, 0.3) is 0 Å². The van der Waals surface area contributed by atoms with Crippen molar-refractivity contribution in [3.05, 3.63) is 110 Å². The van der Waals surface area contributed by atoms with Crippen molar-refractivity contribution in [3.63, 3.8) is 0 Å². The molecule has 0 spiro atoms. The van der Waals surface area contributed by atoms with Crippen molar-refractivity contribution in [1.29, 1.82) is 0 Å². The van der Waals surface area contributed by atoms with E-state index in [-0.39, 0.29) is 18.2 Å². The molecule has 5 rings (SSSR count). The van der Waals surface area contributed by atoms with Crippen LogP contribution in [-0.2, 0) is 11.3 Å². The van der Waals surface area contributed by atoms with E-state index in [1.807, 2.05) is 44.2 Å². The summed E-state index contributed by atoms with van der Waals surface area (Å²) in [6, 6.07) is 21.2. The maximum Gasteiger partial charge on any atom is 0.411 e. The third-order valence-corrected chi connectivity index (χ3v) is 7.96. The molecule has 0 radical (unpaired) electrons. The predicted molar refractivity (Wildman–Crippen MR) is 161 cm³/mol. The number of carboxylic acids is 1. The van der Waals surface area contributed by atoms with Crippen molar-refractivity contribution in [2.24, 2.45) is 0 Å². The van der Waals surface area contributed by atoms with Crippen LogP contribution in [0, 0.1) is 6.92 Å². The number of cyclic esters (lactones) is 1. The van der Waals surface area contributed by atoms with Gasteiger partial charge in [0, 0.05) is 20.6 Å². The summed E-state index contributed by atoms with van der Waals surface area (Å²) in [6.07, 6.45) is -1.00. The maximum absolute atomic E-state index is 13.1. The summed E-state index contributed by atoms with van der Waals surface area (Å²) >= 11 is 18.9. The minimum atomic E-state index is -0.976. The zero-order valence-corrected chi connectivity index (χ0v) is 24.7. The van der Waals surface area contributed by atoms with E-state index >= 15 is 0 Å². The molecule has 4 aromatic carbocycles. The highest BCUT2D eigenvalue weighted by Gasteiger charge is 2.40. The molecule has 1 heterocycles. The van der Waals surface area contributed by atoms with Gasteiger partial charge >= 0.3 is 12.1 Å². The number of hydrogen-bond donors (Lipinski definition) is 1. The van der Waals surface area contributed by atoms with Crippen LogP contribution < -0.4 is 4.74 Å². The van der Waals surface area contributed by atoms with Gasteiger partial charge in [-0.05, 0) is 102 Å². The third kappa shape index (κ3) is 5.87. The molecule has 0 saturated carbocycles. The van der Waals surface area contributed by atoms with Crippen LogP contribution in [-0.4, -0.2) is 35.2 Å². The highest BCUT2D eigenvalue weighted by atomic mass is 35.5. The van der Waals surface area contributed by atoms with Gasteiger partial charge in [-0.3, -0.25) is 4.90 Å². The average molecular weight is 611 g/mol. The molecular weight excluding hydrogens is 585 g/mol. The fourth-order valence-electron chi connectivity index (χ4n) is 5.24. The van der Waals surface area contributed by atoms with Crippen molar-refractivity contribution in [2.75, 3.05) is 7.11 Å². The van der Waals surface area contributed by atoms with Crippen LogP contribution in [0.25, 0.3) is 22.3 Å². The Hall–Kier alpha value is -3.71. The van der Waals surface area contributed by atoms with E-state index in [1.54, 1.807) is 54.5 Å². The standard InChI is InChI=1S/C32H26Cl3NO5/c1-17-10-20(31(37)38)4-7-26(17)19-5-9-29(40-3)28(14-19)27-8-6-23(33)13-22(27)16-36-18(2)30(41-32(36)39)21-11-24(34)15-25(35)12-21/h4-15,18,30H,16H2,1-3H3,(H,37,38)/t18-,30-/m0/s1. The Balaban J connectivity index is 1.53. The lowest BCUT2D eigenvalue weighted by atomic mass is 9.92. The highest BCUT2D eigenvalue weighted by molar-refractivity contribution is 6.34. The third-order valence-electron chi connectivity index (χ3n) is 7.29. The van der Waals surface area contributed by atoms with Crippen LogP contribution in [0.2, 0.25) is 15.1 Å². The lowest BCUT2D eigenvalue weighted by molar-refractivity contribution is 0.0696. The number of rotatable bonds is 7. The van der Waals surface area contributed by atoms with Gasteiger partial charge in [0.2, 0.25) is 0 Å². The SMILES string of the molecule is COc1ccc(-c2ccc(C(=O)O)cc2C)cc1-c1ccc(Cl)cc1CN1C(=O)O[C@H](c2cc(Cl)cc(Cl)c2)[C@@H]1C. The van der Waals surface area contributed by atoms with Crippen molar-refractivity contribution in [3.8, 4) is 28.0 Å². The van der Waals surface area contributed by atoms with Crippen molar-refractivity contribution < 1.29 is 24.2 Å². The van der Waals surface area contributed by atoms with Crippen molar-refractivity contribution in [2.45, 2.75) is 32.5 Å². The number of hydrogen-bond acceptors (Lipinski definition) is 4. The summed E-state index contributed by atoms with van der Waals surface area (Å²) in [5.74, 6) is -0.336. The van der Waals surface area contributed by atoms with Gasteiger partial charge in [-0.15, -0.1) is 0 Å². The number of methoxy groups -OCH3 is 1. The molecule has 1 amide bonds. The van der Waals surface area contributed by atoms with Crippen LogP contribution in [0.1, 0.15) is 40.1 Å². The molecule has 0 aliphatic carbocycles. The maximum atomic E-state index is 13.1. The van der Waals surface area contributed by atoms with Crippen molar-refractivity contribution >= 4 is 46.9 Å². The summed E-state index contributed by atoms with van der Waals surface area (Å²) in [7, 11) is 1.60. The number of benzene rings is 4. The first kappa shape index (κ1) is 28.8. The first-order valence-corrected chi connectivity index (χ1v) is 13.9. The van der Waals surface area contributed by atoms with E-state index in [2.05, 4.69) is 0 Å². The first-order valence-electron chi connectivity index (χ1n) is 12.8. The molecule has 0 unspecified atom stereocenters. The van der Waals surface area contributed by atoms with Crippen LogP contribution in [0.15, 0.2) is 72.8 Å². The number of nitrogens with zero attached hydrogens (tertiary/aromatic N) is 1. The Morgan fingerprint density at radius 1 is 0.902 bits per heavy atom. The normalized spacial score (nSPS) is 16.5. The second kappa shape index (κ2) is 11.6. The van der Waals surface area contributed by atoms with Gasteiger partial charge in [0.05, 0.1) is 25.3 Å². The Morgan fingerprint density at radius 2 is 1.61 bits per heavy atom. The topological polar surface area (TPSA) is 76.1 Å². The second-order valence-corrected chi connectivity index (χ2v) is 11.2. The number of carboxylic acid groups (broad SMARTS) is 1. The molecule has 6 nitrogen and oxygen atoms in total. The zero-order valence-electron chi connectivity index (χ0n) is 22.5. The van der Waals surface area contributed by atoms with E-state index in [9.17, 15) is 14.7 Å². The number of carbonyl (C=O) groups is 2. The molecule has 4 aromatic rings. The number of aryl methyl sites for hydroxylation is 1. The van der Waals surface area contributed by atoms with Crippen LogP contribution in [0.3, 0.4) is 0 Å². The first-order chi connectivity index (χ1) is 19.5. The molecule has 0 bridgehead atoms. The van der Waals surface area contributed by atoms with Crippen LogP contribution >= 0.6 is 34.8 Å². The fourth-order valence-corrected chi connectivity index (χ4v) is 5.98. The molecule has 210 valence electrons. The Morgan fingerprint density at radius 3 is 2.27 bits per heavy atom. The van der Waals surface area contributed by atoms with Gasteiger partial charge in [-0.2, -0.15) is 0 Å². The molecule has 1 aliphatic rings. The number of ether oxygens (including phenoxy) is 2. The highest BCUT2D eigenvalue weighted by Crippen LogP contribution is 2.40. The van der Waals surface area contributed by atoms with Gasteiger partial charge in [0.15, 0.2) is 0 Å². The molecule has 1 aliphatic heterocycles. The molecular formula is C32H26Cl3NO5. The van der Waals surface area contributed by atoms with Gasteiger partial charge in [-0.25, -0.2) is 9.59 Å². The molecule has 9 heteroatoms. The quantitative estimate of drug-likeness (QED) is 0.226. The van der Waals surface area contributed by atoms with E-state index in [0.717, 1.165) is 38.9 Å². The van der Waals surface area contributed by atoms with E-state index < -0.39 is 18.2 Å². The molecule has 41 heavy (non-hydrogen) atoms. The monoisotopic (exact) mass is 609 g/mol. The summed E-state index contributed by atoms with van der Waals surface area (Å²) in [6.45, 7) is 4.03.